The normalized spacial score (nSPS) is 20.0. The fourth-order valence-corrected chi connectivity index (χ4v) is 14.5. The molecule has 0 aliphatic carbocycles. The lowest BCUT2D eigenvalue weighted by atomic mass is 9.98. The Morgan fingerprint density at radius 3 is 0.864 bits per heavy atom. The molecule has 3 N–H and O–H groups in total. The van der Waals surface area contributed by atoms with Gasteiger partial charge in [0.1, 0.15) is 37.6 Å². The van der Waals surface area contributed by atoms with Gasteiger partial charge in [0.15, 0.2) is 18.3 Å². The van der Waals surface area contributed by atoms with Gasteiger partial charge in [0.2, 0.25) is 12.1 Å². The lowest BCUT2D eigenvalue weighted by Gasteiger charge is -2.45. The fourth-order valence-electron chi connectivity index (χ4n) is 14.5. The average Bonchev–Trinajstić information content (AvgIpc) is 1.58. The zero-order valence-electron chi connectivity index (χ0n) is 75.4. The van der Waals surface area contributed by atoms with E-state index in [1.165, 1.54) is 96.3 Å². The maximum Gasteiger partial charge on any atom is 0.306 e. The van der Waals surface area contributed by atoms with Gasteiger partial charge in [-0.05, 0) is 193 Å². The molecule has 2 heterocycles. The molecule has 0 aromatic carbocycles. The molecule has 2 rings (SSSR count). The van der Waals surface area contributed by atoms with Crippen molar-refractivity contribution < 1.29 is 77.2 Å². The number of aliphatic hydroxyl groups is 3. The topological polar surface area (TPSA) is 220 Å². The highest BCUT2D eigenvalue weighted by atomic mass is 16.8. The molecular formula is C102H172O16. The number of unbranched alkanes of at least 4 members (excludes halogenated alkanes) is 40. The van der Waals surface area contributed by atoms with E-state index in [1.807, 2.05) is 0 Å². The van der Waals surface area contributed by atoms with Crippen LogP contribution in [0.1, 0.15) is 420 Å². The van der Waals surface area contributed by atoms with Crippen molar-refractivity contribution in [1.82, 2.24) is 0 Å². The monoisotopic (exact) mass is 1650 g/mol. The first-order valence-corrected chi connectivity index (χ1v) is 48.3. The van der Waals surface area contributed by atoms with Crippen LogP contribution in [-0.4, -0.2) is 120 Å². The summed E-state index contributed by atoms with van der Waals surface area (Å²) in [5.74, 6) is -5.72. The quantitative estimate of drug-likeness (QED) is 0.0223. The van der Waals surface area contributed by atoms with E-state index in [-0.39, 0.29) is 32.1 Å². The zero-order valence-corrected chi connectivity index (χ0v) is 75.4. The highest BCUT2D eigenvalue weighted by Gasteiger charge is 2.64. The van der Waals surface area contributed by atoms with Crippen molar-refractivity contribution in [3.8, 4) is 0 Å². The summed E-state index contributed by atoms with van der Waals surface area (Å²) in [6.45, 7) is 8.95. The van der Waals surface area contributed by atoms with Gasteiger partial charge in [-0.2, -0.15) is 0 Å². The minimum Gasteiger partial charge on any atom is -0.463 e. The lowest BCUT2D eigenvalue weighted by molar-refractivity contribution is -0.384. The molecule has 2 fully saturated rings. The third kappa shape index (κ3) is 60.1. The Bertz CT molecular complexity index is 2720. The van der Waals surface area contributed by atoms with E-state index in [0.29, 0.717) is 38.5 Å². The summed E-state index contributed by atoms with van der Waals surface area (Å²) in [6, 6.07) is 0. The van der Waals surface area contributed by atoms with Crippen molar-refractivity contribution in [2.75, 3.05) is 19.8 Å². The number of esters is 5. The highest BCUT2D eigenvalue weighted by molar-refractivity contribution is 5.72. The van der Waals surface area contributed by atoms with Gasteiger partial charge in [-0.1, -0.05) is 317 Å². The van der Waals surface area contributed by atoms with Gasteiger partial charge in [-0.3, -0.25) is 24.0 Å². The Balaban J connectivity index is 2.60. The fraction of sp³-hybridized carbons (Fsp3) is 0.755. The average molecular weight is 1650 g/mol. The third-order valence-corrected chi connectivity index (χ3v) is 21.9. The summed E-state index contributed by atoms with van der Waals surface area (Å²) >= 11 is 0. The molecule has 2 aliphatic rings. The molecule has 0 aromatic rings. The van der Waals surface area contributed by atoms with Crippen LogP contribution in [0.3, 0.4) is 0 Å². The largest absolute Gasteiger partial charge is 0.463 e. The van der Waals surface area contributed by atoms with Crippen LogP contribution in [-0.2, 0) is 61.9 Å². The first-order chi connectivity index (χ1) is 57.9. The Kier molecular flexibility index (Phi) is 73.6. The zero-order chi connectivity index (χ0) is 85.4. The maximum absolute atomic E-state index is 14.7. The van der Waals surface area contributed by atoms with E-state index in [4.69, 9.17) is 37.9 Å². The summed E-state index contributed by atoms with van der Waals surface area (Å²) < 4.78 is 51.4. The van der Waals surface area contributed by atoms with Crippen LogP contribution in [0.4, 0.5) is 0 Å². The van der Waals surface area contributed by atoms with Crippen molar-refractivity contribution in [3.05, 3.63) is 122 Å². The van der Waals surface area contributed by atoms with Gasteiger partial charge in [0.05, 0.1) is 6.61 Å². The number of carbonyl (C=O) groups excluding carboxylic acids is 5. The van der Waals surface area contributed by atoms with Gasteiger partial charge < -0.3 is 53.2 Å². The smallest absolute Gasteiger partial charge is 0.306 e. The molecule has 9 atom stereocenters. The number of carbonyl (C=O) groups is 5. The molecule has 0 amide bonds. The minimum absolute atomic E-state index is 0.00483. The second-order valence-corrected chi connectivity index (χ2v) is 32.9. The van der Waals surface area contributed by atoms with E-state index >= 15 is 0 Å². The molecule has 676 valence electrons. The van der Waals surface area contributed by atoms with Crippen molar-refractivity contribution in [3.63, 3.8) is 0 Å². The SMILES string of the molecule is CCCCCC=CCC=CCCCCCCCC(=O)OC[C@H]1O[C@@](COC(=O)CCCCCCCC=CCC=CCCCCC)(O[C@H]2O[C@H](CO)[C@@H](O)[C@H](O)[C@H]2OC(=O)CCCCCCCC=CCC=CCCCCC)[C@@H](OC(=O)CCCCCCCC=CCC=CCCCCC)[C@@H]1OC(=O)CCCCCCCC=CCC=CCCCCC. The van der Waals surface area contributed by atoms with E-state index in [1.54, 1.807) is 0 Å². The molecule has 0 saturated carbocycles. The second-order valence-electron chi connectivity index (χ2n) is 32.9. The molecular weight excluding hydrogens is 1480 g/mol. The van der Waals surface area contributed by atoms with Crippen LogP contribution in [0.2, 0.25) is 0 Å². The van der Waals surface area contributed by atoms with Gasteiger partial charge >= 0.3 is 29.8 Å². The standard InChI is InChI=1S/C102H172O16/c1-6-11-16-21-26-31-36-41-46-51-56-61-66-71-76-81-91(104)111-87-90-98(114-93(106)83-78-73-68-63-58-53-48-43-38-33-28-23-18-13-8-3)100(116-95(108)85-80-75-70-65-60-55-50-45-40-35-30-25-20-15-10-5)102(117-90,88-112-92(105)82-77-72-67-62-57-52-47-42-37-32-27-22-17-12-7-2)118-101-99(97(110)96(109)89(86-103)113-101)115-94(107)84-79-74-69-64-59-54-49-44-39-34-29-24-19-14-9-4/h26-35,41-50,89-90,96-101,103,109-110H,6-25,36-40,51-88H2,1-5H3/t89-,90-,96-,97+,98-,99-,100+,101-,102+/m1/s1. The van der Waals surface area contributed by atoms with Gasteiger partial charge in [-0.25, -0.2) is 0 Å². The van der Waals surface area contributed by atoms with Crippen molar-refractivity contribution in [2.24, 2.45) is 0 Å². The molecule has 0 radical (unpaired) electrons. The molecule has 2 aliphatic heterocycles. The number of ether oxygens (including phenoxy) is 8. The van der Waals surface area contributed by atoms with Gasteiger partial charge in [0, 0.05) is 32.1 Å². The number of hydrogen-bond acceptors (Lipinski definition) is 16. The van der Waals surface area contributed by atoms with Crippen LogP contribution in [0, 0.1) is 0 Å². The Hall–Kier alpha value is -5.49. The predicted molar refractivity (Wildman–Crippen MR) is 485 cm³/mol. The van der Waals surface area contributed by atoms with E-state index in [0.717, 1.165) is 218 Å². The number of hydrogen-bond donors (Lipinski definition) is 3. The molecule has 0 aromatic heterocycles. The Labute approximate surface area is 719 Å². The van der Waals surface area contributed by atoms with Gasteiger partial charge in [-0.15, -0.1) is 0 Å². The Morgan fingerprint density at radius 2 is 0.559 bits per heavy atom. The van der Waals surface area contributed by atoms with Gasteiger partial charge in [0.25, 0.3) is 0 Å². The first-order valence-electron chi connectivity index (χ1n) is 48.3. The molecule has 118 heavy (non-hydrogen) atoms. The second kappa shape index (κ2) is 80.0. The van der Waals surface area contributed by atoms with Crippen LogP contribution in [0.5, 0.6) is 0 Å². The number of rotatable bonds is 80. The lowest BCUT2D eigenvalue weighted by Crippen LogP contribution is -2.64. The summed E-state index contributed by atoms with van der Waals surface area (Å²) in [6.07, 6.45) is 85.3. The number of aliphatic hydroxyl groups excluding tert-OH is 3. The van der Waals surface area contributed by atoms with Crippen LogP contribution >= 0.6 is 0 Å². The van der Waals surface area contributed by atoms with Crippen LogP contribution < -0.4 is 0 Å². The van der Waals surface area contributed by atoms with Crippen molar-refractivity contribution >= 4 is 29.8 Å². The highest BCUT2D eigenvalue weighted by Crippen LogP contribution is 2.42. The van der Waals surface area contributed by atoms with Crippen LogP contribution in [0.15, 0.2) is 122 Å². The molecule has 0 unspecified atom stereocenters. The summed E-state index contributed by atoms with van der Waals surface area (Å²) in [7, 11) is 0. The summed E-state index contributed by atoms with van der Waals surface area (Å²) in [4.78, 5) is 71.6. The van der Waals surface area contributed by atoms with Crippen LogP contribution in [0.25, 0.3) is 0 Å². The summed E-state index contributed by atoms with van der Waals surface area (Å²) in [5.41, 5.74) is 0. The van der Waals surface area contributed by atoms with E-state index in [9.17, 15) is 39.3 Å². The minimum atomic E-state index is -2.49. The van der Waals surface area contributed by atoms with E-state index < -0.39 is 104 Å². The molecule has 16 heteroatoms. The van der Waals surface area contributed by atoms with E-state index in [2.05, 4.69) is 156 Å². The number of allylic oxidation sites excluding steroid dienone is 20. The molecule has 0 bridgehead atoms. The maximum atomic E-state index is 14.7. The van der Waals surface area contributed by atoms with Crippen molar-refractivity contribution in [2.45, 2.75) is 475 Å². The Morgan fingerprint density at radius 1 is 0.297 bits per heavy atom. The van der Waals surface area contributed by atoms with Crippen molar-refractivity contribution in [1.29, 1.82) is 0 Å². The predicted octanol–water partition coefficient (Wildman–Crippen LogP) is 26.4. The first kappa shape index (κ1) is 109. The third-order valence-electron chi connectivity index (χ3n) is 21.9. The summed E-state index contributed by atoms with van der Waals surface area (Å²) in [5, 5.41) is 34.2. The molecule has 2 saturated heterocycles. The molecule has 0 spiro atoms. The molecule has 16 nitrogen and oxygen atoms in total.